The maximum atomic E-state index is 12.4. The summed E-state index contributed by atoms with van der Waals surface area (Å²) in [6.07, 6.45) is 3.42. The van der Waals surface area contributed by atoms with Crippen molar-refractivity contribution in [3.63, 3.8) is 0 Å². The Bertz CT molecular complexity index is 661. The minimum absolute atomic E-state index is 0.0215. The summed E-state index contributed by atoms with van der Waals surface area (Å²) in [4.78, 5) is 37.4. The third kappa shape index (κ3) is 4.74. The van der Waals surface area contributed by atoms with Gasteiger partial charge in [-0.1, -0.05) is 0 Å². The highest BCUT2D eigenvalue weighted by molar-refractivity contribution is 5.92. The molecule has 140 valence electrons. The summed E-state index contributed by atoms with van der Waals surface area (Å²) in [7, 11) is 1.30. The van der Waals surface area contributed by atoms with E-state index in [2.05, 4.69) is 10.1 Å². The number of hydrogen-bond acceptors (Lipinski definition) is 5. The average Bonchev–Trinajstić information content (AvgIpc) is 3.52. The van der Waals surface area contributed by atoms with E-state index in [-0.39, 0.29) is 30.3 Å². The summed E-state index contributed by atoms with van der Waals surface area (Å²) < 4.78 is 9.78. The van der Waals surface area contributed by atoms with Crippen LogP contribution >= 0.6 is 0 Å². The van der Waals surface area contributed by atoms with Gasteiger partial charge in [-0.15, -0.1) is 0 Å². The molecule has 1 saturated carbocycles. The molecule has 0 atom stereocenters. The van der Waals surface area contributed by atoms with Gasteiger partial charge in [0.25, 0.3) is 0 Å². The molecule has 7 heteroatoms. The first-order valence-corrected chi connectivity index (χ1v) is 8.96. The fraction of sp³-hybridized carbons (Fsp3) is 0.526. The summed E-state index contributed by atoms with van der Waals surface area (Å²) in [6, 6.07) is 6.84. The van der Waals surface area contributed by atoms with Crippen molar-refractivity contribution < 1.29 is 23.9 Å². The fourth-order valence-electron chi connectivity index (χ4n) is 3.03. The molecule has 0 aromatic heterocycles. The molecule has 2 amide bonds. The number of benzene rings is 1. The van der Waals surface area contributed by atoms with Crippen LogP contribution in [0.2, 0.25) is 0 Å². The van der Waals surface area contributed by atoms with Crippen LogP contribution < -0.4 is 10.1 Å². The second-order valence-electron chi connectivity index (χ2n) is 6.75. The zero-order valence-corrected chi connectivity index (χ0v) is 14.9. The summed E-state index contributed by atoms with van der Waals surface area (Å²) in [5.41, 5.74) is 0.678. The van der Waals surface area contributed by atoms with Crippen LogP contribution in [0.5, 0.6) is 5.75 Å². The van der Waals surface area contributed by atoms with Crippen molar-refractivity contribution in [3.8, 4) is 5.75 Å². The van der Waals surface area contributed by atoms with E-state index in [1.54, 1.807) is 24.3 Å². The first kappa shape index (κ1) is 18.2. The standard InChI is InChI=1S/C19H24N2O5/c1-25-17(22)12-26-16-6-4-15(5-7-16)20-18(23)13-8-10-21(11-9-13)19(24)14-2-3-14/h4-7,13-14H,2-3,8-12H2,1H3,(H,20,23). The highest BCUT2D eigenvalue weighted by Crippen LogP contribution is 2.32. The van der Waals surface area contributed by atoms with Crippen LogP contribution in [-0.4, -0.2) is 49.5 Å². The zero-order valence-electron chi connectivity index (χ0n) is 14.9. The van der Waals surface area contributed by atoms with E-state index < -0.39 is 5.97 Å². The summed E-state index contributed by atoms with van der Waals surface area (Å²) in [6.45, 7) is 1.17. The lowest BCUT2D eigenvalue weighted by Crippen LogP contribution is -2.42. The van der Waals surface area contributed by atoms with Crippen LogP contribution in [0.4, 0.5) is 5.69 Å². The van der Waals surface area contributed by atoms with Gasteiger partial charge in [0.1, 0.15) is 5.75 Å². The number of piperidine rings is 1. The molecule has 2 aliphatic rings. The maximum absolute atomic E-state index is 12.4. The van der Waals surface area contributed by atoms with Crippen molar-refractivity contribution in [1.29, 1.82) is 0 Å². The lowest BCUT2D eigenvalue weighted by atomic mass is 9.95. The molecule has 1 heterocycles. The molecule has 1 aliphatic carbocycles. The Balaban J connectivity index is 1.44. The van der Waals surface area contributed by atoms with Crippen LogP contribution in [0.1, 0.15) is 25.7 Å². The van der Waals surface area contributed by atoms with Crippen LogP contribution in [0.15, 0.2) is 24.3 Å². The Morgan fingerprint density at radius 2 is 1.69 bits per heavy atom. The summed E-state index contributed by atoms with van der Waals surface area (Å²) in [5, 5.41) is 2.90. The molecule has 2 fully saturated rings. The molecular formula is C19H24N2O5. The van der Waals surface area contributed by atoms with Gasteiger partial charge in [0.05, 0.1) is 7.11 Å². The largest absolute Gasteiger partial charge is 0.482 e. The van der Waals surface area contributed by atoms with Crippen molar-refractivity contribution in [1.82, 2.24) is 4.90 Å². The predicted octanol–water partition coefficient (Wildman–Crippen LogP) is 1.83. The molecule has 1 saturated heterocycles. The van der Waals surface area contributed by atoms with Crippen molar-refractivity contribution in [3.05, 3.63) is 24.3 Å². The first-order valence-electron chi connectivity index (χ1n) is 8.96. The van der Waals surface area contributed by atoms with Gasteiger partial charge in [-0.25, -0.2) is 4.79 Å². The van der Waals surface area contributed by atoms with Crippen molar-refractivity contribution >= 4 is 23.5 Å². The SMILES string of the molecule is COC(=O)COc1ccc(NC(=O)C2CCN(C(=O)C3CC3)CC2)cc1. The Kier molecular flexibility index (Phi) is 5.75. The third-order valence-corrected chi connectivity index (χ3v) is 4.81. The Hall–Kier alpha value is -2.57. The number of nitrogens with zero attached hydrogens (tertiary/aromatic N) is 1. The molecule has 1 N–H and O–H groups in total. The number of esters is 1. The number of methoxy groups -OCH3 is 1. The van der Waals surface area contributed by atoms with Gasteiger partial charge in [-0.05, 0) is 49.9 Å². The molecule has 26 heavy (non-hydrogen) atoms. The van der Waals surface area contributed by atoms with Gasteiger partial charge in [0, 0.05) is 30.6 Å². The van der Waals surface area contributed by atoms with Crippen LogP contribution in [0.3, 0.4) is 0 Å². The molecule has 1 aliphatic heterocycles. The van der Waals surface area contributed by atoms with Gasteiger partial charge in [-0.3, -0.25) is 9.59 Å². The van der Waals surface area contributed by atoms with E-state index in [9.17, 15) is 14.4 Å². The Morgan fingerprint density at radius 3 is 2.27 bits per heavy atom. The van der Waals surface area contributed by atoms with Crippen molar-refractivity contribution in [2.75, 3.05) is 32.1 Å². The first-order chi connectivity index (χ1) is 12.6. The number of carbonyl (C=O) groups is 3. The molecule has 7 nitrogen and oxygen atoms in total. The number of carbonyl (C=O) groups excluding carboxylic acids is 3. The molecule has 0 unspecified atom stereocenters. The van der Waals surface area contributed by atoms with E-state index in [1.807, 2.05) is 4.90 Å². The second-order valence-corrected chi connectivity index (χ2v) is 6.75. The van der Waals surface area contributed by atoms with Crippen LogP contribution in [-0.2, 0) is 19.1 Å². The van der Waals surface area contributed by atoms with Crippen LogP contribution in [0.25, 0.3) is 0 Å². The fourth-order valence-corrected chi connectivity index (χ4v) is 3.03. The van der Waals surface area contributed by atoms with E-state index in [0.717, 1.165) is 12.8 Å². The molecule has 1 aromatic carbocycles. The molecule has 0 radical (unpaired) electrons. The van der Waals surface area contributed by atoms with Crippen LogP contribution in [0, 0.1) is 11.8 Å². The smallest absolute Gasteiger partial charge is 0.343 e. The lowest BCUT2D eigenvalue weighted by Gasteiger charge is -2.31. The monoisotopic (exact) mass is 360 g/mol. The zero-order chi connectivity index (χ0) is 18.5. The average molecular weight is 360 g/mol. The molecule has 0 spiro atoms. The summed E-state index contributed by atoms with van der Waals surface area (Å²) in [5.74, 6) is 0.473. The Morgan fingerprint density at radius 1 is 1.04 bits per heavy atom. The molecule has 0 bridgehead atoms. The topological polar surface area (TPSA) is 84.9 Å². The summed E-state index contributed by atoms with van der Waals surface area (Å²) >= 11 is 0. The highest BCUT2D eigenvalue weighted by atomic mass is 16.6. The maximum Gasteiger partial charge on any atom is 0.343 e. The molecule has 1 aromatic rings. The number of rotatable bonds is 6. The number of nitrogens with one attached hydrogen (secondary N) is 1. The quantitative estimate of drug-likeness (QED) is 0.783. The minimum Gasteiger partial charge on any atom is -0.482 e. The van der Waals surface area contributed by atoms with Gasteiger partial charge in [0.15, 0.2) is 6.61 Å². The predicted molar refractivity (Wildman–Crippen MR) is 94.6 cm³/mol. The van der Waals surface area contributed by atoms with Gasteiger partial charge in [-0.2, -0.15) is 0 Å². The van der Waals surface area contributed by atoms with Crippen molar-refractivity contribution in [2.45, 2.75) is 25.7 Å². The second kappa shape index (κ2) is 8.21. The number of amides is 2. The number of ether oxygens (including phenoxy) is 2. The molecule has 3 rings (SSSR count). The van der Waals surface area contributed by atoms with E-state index in [4.69, 9.17) is 4.74 Å². The lowest BCUT2D eigenvalue weighted by molar-refractivity contribution is -0.143. The minimum atomic E-state index is -0.450. The number of hydrogen-bond donors (Lipinski definition) is 1. The van der Waals surface area contributed by atoms with E-state index in [0.29, 0.717) is 37.4 Å². The molecular weight excluding hydrogens is 336 g/mol. The van der Waals surface area contributed by atoms with Crippen molar-refractivity contribution in [2.24, 2.45) is 11.8 Å². The van der Waals surface area contributed by atoms with Gasteiger partial charge < -0.3 is 19.7 Å². The van der Waals surface area contributed by atoms with E-state index in [1.165, 1.54) is 7.11 Å². The highest BCUT2D eigenvalue weighted by Gasteiger charge is 2.35. The van der Waals surface area contributed by atoms with Gasteiger partial charge in [0.2, 0.25) is 11.8 Å². The Labute approximate surface area is 152 Å². The third-order valence-electron chi connectivity index (χ3n) is 4.81. The number of likely N-dealkylation sites (tertiary alicyclic amines) is 1. The van der Waals surface area contributed by atoms with Gasteiger partial charge >= 0.3 is 5.97 Å². The normalized spacial score (nSPS) is 17.5. The number of anilines is 1. The van der Waals surface area contributed by atoms with E-state index >= 15 is 0 Å².